The highest BCUT2D eigenvalue weighted by atomic mass is 16.3. The van der Waals surface area contributed by atoms with Gasteiger partial charge in [0.15, 0.2) is 0 Å². The third-order valence-electron chi connectivity index (χ3n) is 4.41. The fourth-order valence-electron chi connectivity index (χ4n) is 3.26. The van der Waals surface area contributed by atoms with E-state index in [2.05, 4.69) is 54.8 Å². The number of benzene rings is 1. The minimum Gasteiger partial charge on any atom is -0.396 e. The molecule has 0 unspecified atom stereocenters. The van der Waals surface area contributed by atoms with Crippen LogP contribution in [0.2, 0.25) is 0 Å². The van der Waals surface area contributed by atoms with Crippen LogP contribution in [0.15, 0.2) is 24.3 Å². The highest BCUT2D eigenvalue weighted by molar-refractivity contribution is 5.25. The van der Waals surface area contributed by atoms with E-state index in [1.807, 2.05) is 0 Å². The van der Waals surface area contributed by atoms with Crippen LogP contribution in [0.5, 0.6) is 0 Å². The number of hydrogen-bond acceptors (Lipinski definition) is 3. The smallest absolute Gasteiger partial charge is 0.0446 e. The Morgan fingerprint density at radius 3 is 2.67 bits per heavy atom. The number of aryl methyl sites for hydroxylation is 1. The average molecular weight is 290 g/mol. The standard InChI is InChI=1S/C18H30N2O/c1-15(2)12-20-10-9-19(14-18(20)8-11-21)13-17-7-5-4-6-16(17)3/h4-7,15,18,21H,8-14H2,1-3H3/t18-/m1/s1. The molecule has 3 nitrogen and oxygen atoms in total. The lowest BCUT2D eigenvalue weighted by Gasteiger charge is -2.42. The van der Waals surface area contributed by atoms with Crippen LogP contribution in [0, 0.1) is 12.8 Å². The second-order valence-electron chi connectivity index (χ2n) is 6.72. The summed E-state index contributed by atoms with van der Waals surface area (Å²) in [4.78, 5) is 5.11. The van der Waals surface area contributed by atoms with Crippen LogP contribution < -0.4 is 0 Å². The van der Waals surface area contributed by atoms with Crippen molar-refractivity contribution in [2.75, 3.05) is 32.8 Å². The molecule has 1 aliphatic heterocycles. The van der Waals surface area contributed by atoms with Gasteiger partial charge in [0.2, 0.25) is 0 Å². The summed E-state index contributed by atoms with van der Waals surface area (Å²) in [6.45, 7) is 12.5. The quantitative estimate of drug-likeness (QED) is 0.872. The van der Waals surface area contributed by atoms with Gasteiger partial charge in [-0.05, 0) is 30.4 Å². The minimum absolute atomic E-state index is 0.289. The van der Waals surface area contributed by atoms with Crippen molar-refractivity contribution in [1.29, 1.82) is 0 Å². The van der Waals surface area contributed by atoms with E-state index < -0.39 is 0 Å². The van der Waals surface area contributed by atoms with Gasteiger partial charge in [0, 0.05) is 45.4 Å². The fraction of sp³-hybridized carbons (Fsp3) is 0.667. The van der Waals surface area contributed by atoms with E-state index in [-0.39, 0.29) is 6.61 Å². The van der Waals surface area contributed by atoms with Crippen molar-refractivity contribution in [2.24, 2.45) is 5.92 Å². The summed E-state index contributed by atoms with van der Waals surface area (Å²) in [6, 6.07) is 9.15. The number of nitrogens with zero attached hydrogens (tertiary/aromatic N) is 2. The third-order valence-corrected chi connectivity index (χ3v) is 4.41. The Labute approximate surface area is 129 Å². The molecule has 118 valence electrons. The van der Waals surface area contributed by atoms with Crippen LogP contribution in [0.1, 0.15) is 31.4 Å². The van der Waals surface area contributed by atoms with E-state index >= 15 is 0 Å². The van der Waals surface area contributed by atoms with Crippen molar-refractivity contribution in [3.63, 3.8) is 0 Å². The number of aliphatic hydroxyl groups excluding tert-OH is 1. The van der Waals surface area contributed by atoms with Gasteiger partial charge in [-0.15, -0.1) is 0 Å². The zero-order valence-electron chi connectivity index (χ0n) is 13.8. The molecule has 0 spiro atoms. The topological polar surface area (TPSA) is 26.7 Å². The van der Waals surface area contributed by atoms with Crippen LogP contribution in [-0.4, -0.2) is 53.7 Å². The molecule has 1 saturated heterocycles. The van der Waals surface area contributed by atoms with Crippen molar-refractivity contribution in [3.05, 3.63) is 35.4 Å². The first kappa shape index (κ1) is 16.5. The van der Waals surface area contributed by atoms with Crippen molar-refractivity contribution in [1.82, 2.24) is 9.80 Å². The Bertz CT molecular complexity index is 433. The number of piperazine rings is 1. The van der Waals surface area contributed by atoms with Gasteiger partial charge in [0.1, 0.15) is 0 Å². The molecule has 0 aromatic heterocycles. The molecule has 1 N–H and O–H groups in total. The largest absolute Gasteiger partial charge is 0.396 e. The maximum atomic E-state index is 9.35. The van der Waals surface area contributed by atoms with Crippen molar-refractivity contribution in [2.45, 2.75) is 39.8 Å². The highest BCUT2D eigenvalue weighted by Crippen LogP contribution is 2.18. The molecule has 1 aromatic carbocycles. The Morgan fingerprint density at radius 2 is 2.00 bits per heavy atom. The van der Waals surface area contributed by atoms with E-state index in [0.29, 0.717) is 12.0 Å². The van der Waals surface area contributed by atoms with Crippen LogP contribution in [0.3, 0.4) is 0 Å². The molecule has 1 aromatic rings. The Hall–Kier alpha value is -0.900. The van der Waals surface area contributed by atoms with Gasteiger partial charge in [0.05, 0.1) is 0 Å². The van der Waals surface area contributed by atoms with E-state index in [1.165, 1.54) is 11.1 Å². The van der Waals surface area contributed by atoms with Crippen LogP contribution in [0.4, 0.5) is 0 Å². The number of aliphatic hydroxyl groups is 1. The van der Waals surface area contributed by atoms with Gasteiger partial charge >= 0.3 is 0 Å². The molecule has 1 aliphatic rings. The normalized spacial score (nSPS) is 21.1. The maximum Gasteiger partial charge on any atom is 0.0446 e. The second-order valence-corrected chi connectivity index (χ2v) is 6.72. The molecular formula is C18H30N2O. The summed E-state index contributed by atoms with van der Waals surface area (Å²) in [5.74, 6) is 0.689. The van der Waals surface area contributed by atoms with Gasteiger partial charge in [-0.3, -0.25) is 9.80 Å². The van der Waals surface area contributed by atoms with Crippen molar-refractivity contribution in [3.8, 4) is 0 Å². The van der Waals surface area contributed by atoms with Crippen LogP contribution in [-0.2, 0) is 6.54 Å². The summed E-state index contributed by atoms with van der Waals surface area (Å²) >= 11 is 0. The summed E-state index contributed by atoms with van der Waals surface area (Å²) in [5.41, 5.74) is 2.80. The second kappa shape index (κ2) is 7.92. The highest BCUT2D eigenvalue weighted by Gasteiger charge is 2.26. The molecular weight excluding hydrogens is 260 g/mol. The molecule has 1 fully saturated rings. The predicted octanol–water partition coefficient (Wildman–Crippen LogP) is 2.52. The summed E-state index contributed by atoms with van der Waals surface area (Å²) in [6.07, 6.45) is 0.886. The summed E-state index contributed by atoms with van der Waals surface area (Å²) in [5, 5.41) is 9.35. The zero-order valence-corrected chi connectivity index (χ0v) is 13.8. The molecule has 0 saturated carbocycles. The molecule has 2 rings (SSSR count). The Balaban J connectivity index is 1.96. The zero-order chi connectivity index (χ0) is 15.2. The minimum atomic E-state index is 0.289. The lowest BCUT2D eigenvalue weighted by atomic mass is 10.0. The molecule has 1 atom stereocenters. The third kappa shape index (κ3) is 4.80. The molecule has 0 radical (unpaired) electrons. The van der Waals surface area contributed by atoms with E-state index in [1.54, 1.807) is 0 Å². The molecule has 21 heavy (non-hydrogen) atoms. The maximum absolute atomic E-state index is 9.35. The molecule has 1 heterocycles. The summed E-state index contributed by atoms with van der Waals surface area (Å²) < 4.78 is 0. The van der Waals surface area contributed by atoms with Gasteiger partial charge in [-0.2, -0.15) is 0 Å². The van der Waals surface area contributed by atoms with Crippen molar-refractivity contribution >= 4 is 0 Å². The molecule has 0 amide bonds. The average Bonchev–Trinajstić information content (AvgIpc) is 2.44. The lowest BCUT2D eigenvalue weighted by Crippen LogP contribution is -2.53. The van der Waals surface area contributed by atoms with E-state index in [9.17, 15) is 5.11 Å². The van der Waals surface area contributed by atoms with Crippen LogP contribution >= 0.6 is 0 Å². The first-order valence-corrected chi connectivity index (χ1v) is 8.22. The van der Waals surface area contributed by atoms with Crippen LogP contribution in [0.25, 0.3) is 0 Å². The summed E-state index contributed by atoms with van der Waals surface area (Å²) in [7, 11) is 0. The SMILES string of the molecule is Cc1ccccc1CN1CCN(CC(C)C)[C@H](CCO)C1. The van der Waals surface area contributed by atoms with Gasteiger partial charge in [0.25, 0.3) is 0 Å². The molecule has 0 bridgehead atoms. The Kier molecular flexibility index (Phi) is 6.22. The lowest BCUT2D eigenvalue weighted by molar-refractivity contribution is 0.0476. The predicted molar refractivity (Wildman–Crippen MR) is 88.4 cm³/mol. The van der Waals surface area contributed by atoms with Crippen molar-refractivity contribution < 1.29 is 5.11 Å². The van der Waals surface area contributed by atoms with Gasteiger partial charge in [-0.25, -0.2) is 0 Å². The number of rotatable bonds is 6. The Morgan fingerprint density at radius 1 is 1.24 bits per heavy atom. The van der Waals surface area contributed by atoms with E-state index in [4.69, 9.17) is 0 Å². The molecule has 3 heteroatoms. The van der Waals surface area contributed by atoms with Gasteiger partial charge < -0.3 is 5.11 Å². The first-order chi connectivity index (χ1) is 10.1. The van der Waals surface area contributed by atoms with Gasteiger partial charge in [-0.1, -0.05) is 38.1 Å². The number of hydrogen-bond donors (Lipinski definition) is 1. The van der Waals surface area contributed by atoms with E-state index in [0.717, 1.165) is 39.1 Å². The first-order valence-electron chi connectivity index (χ1n) is 8.22. The monoisotopic (exact) mass is 290 g/mol. The molecule has 0 aliphatic carbocycles. The fourth-order valence-corrected chi connectivity index (χ4v) is 3.26.